The fraction of sp³-hybridized carbons (Fsp3) is 0.647. The van der Waals surface area contributed by atoms with Crippen LogP contribution in [0.2, 0.25) is 0 Å². The first-order valence-corrected chi connectivity index (χ1v) is 8.69. The van der Waals surface area contributed by atoms with E-state index in [0.29, 0.717) is 0 Å². The molecule has 1 unspecified atom stereocenters. The molecule has 0 saturated heterocycles. The van der Waals surface area contributed by atoms with E-state index in [0.717, 1.165) is 12.0 Å². The van der Waals surface area contributed by atoms with Crippen molar-refractivity contribution < 1.29 is 13.0 Å². The molecule has 21 heavy (non-hydrogen) atoms. The molecule has 1 rings (SSSR count). The van der Waals surface area contributed by atoms with Crippen LogP contribution in [0.15, 0.2) is 29.2 Å². The zero-order chi connectivity index (χ0) is 16.7. The number of benzene rings is 1. The summed E-state index contributed by atoms with van der Waals surface area (Å²) in [6.45, 7) is 15.5. The van der Waals surface area contributed by atoms with Gasteiger partial charge in [-0.2, -0.15) is 8.42 Å². The van der Waals surface area contributed by atoms with Gasteiger partial charge in [-0.05, 0) is 40.4 Å². The molecule has 0 aliphatic rings. The van der Waals surface area contributed by atoms with Crippen LogP contribution in [-0.2, 0) is 15.5 Å². The molecule has 1 atom stereocenters. The molecule has 0 aliphatic heterocycles. The molecule has 1 N–H and O–H groups in total. The minimum absolute atomic E-state index is 0.0277. The maximum Gasteiger partial charge on any atom is 0.294 e. The summed E-state index contributed by atoms with van der Waals surface area (Å²) < 4.78 is 31.5. The van der Waals surface area contributed by atoms with Gasteiger partial charge in [-0.3, -0.25) is 4.55 Å². The highest BCUT2D eigenvalue weighted by molar-refractivity contribution is 7.85. The Balaban J connectivity index is 3.35. The van der Waals surface area contributed by atoms with Gasteiger partial charge >= 0.3 is 0 Å². The van der Waals surface area contributed by atoms with Gasteiger partial charge in [0.05, 0.1) is 4.90 Å². The third-order valence-corrected chi connectivity index (χ3v) is 5.20. The van der Waals surface area contributed by atoms with E-state index in [1.165, 1.54) is 12.1 Å². The van der Waals surface area contributed by atoms with Crippen molar-refractivity contribution in [3.05, 3.63) is 29.8 Å². The molecule has 0 aliphatic carbocycles. The van der Waals surface area contributed by atoms with E-state index in [9.17, 15) is 8.42 Å². The van der Waals surface area contributed by atoms with Gasteiger partial charge in [0, 0.05) is 0 Å². The highest BCUT2D eigenvalue weighted by atomic mass is 32.2. The third kappa shape index (κ3) is 4.30. The average Bonchev–Trinajstić information content (AvgIpc) is 2.24. The lowest BCUT2D eigenvalue weighted by atomic mass is 9.58. The first-order valence-electron chi connectivity index (χ1n) is 7.25. The molecule has 0 spiro atoms. The Morgan fingerprint density at radius 3 is 1.62 bits per heavy atom. The van der Waals surface area contributed by atoms with Crippen LogP contribution < -0.4 is 0 Å². The lowest BCUT2D eigenvalue weighted by Crippen LogP contribution is -2.40. The largest absolute Gasteiger partial charge is 0.294 e. The summed E-state index contributed by atoms with van der Waals surface area (Å²) in [5.41, 5.74) is 1.18. The predicted molar refractivity (Wildman–Crippen MR) is 87.1 cm³/mol. The molecule has 0 bridgehead atoms. The Morgan fingerprint density at radius 1 is 0.905 bits per heavy atom. The number of hydrogen-bond donors (Lipinski definition) is 1. The van der Waals surface area contributed by atoms with Gasteiger partial charge in [0.25, 0.3) is 10.1 Å². The van der Waals surface area contributed by atoms with Crippen molar-refractivity contribution in [2.24, 2.45) is 10.8 Å². The molecule has 0 radical (unpaired) electrons. The first kappa shape index (κ1) is 18.2. The summed E-state index contributed by atoms with van der Waals surface area (Å²) in [6, 6.07) is 6.61. The molecule has 3 nitrogen and oxygen atoms in total. The predicted octanol–water partition coefficient (Wildman–Crippen LogP) is 4.67. The van der Waals surface area contributed by atoms with Crippen LogP contribution in [0.1, 0.15) is 60.5 Å². The second-order valence-corrected chi connectivity index (χ2v) is 9.74. The Kier molecular flexibility index (Phi) is 4.67. The van der Waals surface area contributed by atoms with E-state index in [2.05, 4.69) is 48.5 Å². The second kappa shape index (κ2) is 5.40. The van der Waals surface area contributed by atoms with Crippen molar-refractivity contribution >= 4 is 10.1 Å². The van der Waals surface area contributed by atoms with Crippen LogP contribution in [0.3, 0.4) is 0 Å². The van der Waals surface area contributed by atoms with Crippen molar-refractivity contribution in [1.82, 2.24) is 0 Å². The lowest BCUT2D eigenvalue weighted by molar-refractivity contribution is 0.134. The average molecular weight is 312 g/mol. The molecular formula is C17H28O3S. The number of rotatable bonds is 3. The highest BCUT2D eigenvalue weighted by Gasteiger charge is 2.41. The van der Waals surface area contributed by atoms with Gasteiger partial charge in [0.1, 0.15) is 0 Å². The van der Waals surface area contributed by atoms with E-state index in [1.807, 2.05) is 12.1 Å². The van der Waals surface area contributed by atoms with Crippen molar-refractivity contribution in [3.8, 4) is 0 Å². The van der Waals surface area contributed by atoms with Gasteiger partial charge in [-0.1, -0.05) is 60.6 Å². The van der Waals surface area contributed by atoms with Gasteiger partial charge < -0.3 is 0 Å². The van der Waals surface area contributed by atoms with Crippen molar-refractivity contribution in [2.75, 3.05) is 0 Å². The Hall–Kier alpha value is -0.870. The van der Waals surface area contributed by atoms with Gasteiger partial charge in [0.15, 0.2) is 0 Å². The molecule has 0 heterocycles. The molecule has 4 heteroatoms. The van der Waals surface area contributed by atoms with Gasteiger partial charge in [-0.25, -0.2) is 0 Å². The Bertz CT molecular complexity index is 586. The summed E-state index contributed by atoms with van der Waals surface area (Å²) in [4.78, 5) is -0.0572. The van der Waals surface area contributed by atoms with Crippen LogP contribution in [0, 0.1) is 10.8 Å². The molecule has 1 aromatic carbocycles. The summed E-state index contributed by atoms with van der Waals surface area (Å²) >= 11 is 0. The topological polar surface area (TPSA) is 54.4 Å². The van der Waals surface area contributed by atoms with Gasteiger partial charge in [-0.15, -0.1) is 0 Å². The minimum Gasteiger partial charge on any atom is -0.282 e. The van der Waals surface area contributed by atoms with Crippen molar-refractivity contribution in [2.45, 2.75) is 65.2 Å². The van der Waals surface area contributed by atoms with E-state index in [4.69, 9.17) is 4.55 Å². The quantitative estimate of drug-likeness (QED) is 0.825. The maximum atomic E-state index is 11.2. The van der Waals surface area contributed by atoms with E-state index in [-0.39, 0.29) is 21.1 Å². The van der Waals surface area contributed by atoms with Crippen molar-refractivity contribution in [1.29, 1.82) is 0 Å². The normalized spacial score (nSPS) is 16.6. The monoisotopic (exact) mass is 312 g/mol. The van der Waals surface area contributed by atoms with Crippen LogP contribution in [-0.4, -0.2) is 13.0 Å². The van der Waals surface area contributed by atoms with Crippen LogP contribution in [0.4, 0.5) is 0 Å². The standard InChI is InChI=1S/C17H28O3S/c1-15(2,3)12-17(7,16(4,5)6)13-8-10-14(11-9-13)21(18,19)20/h8-11H,12H2,1-7H3,(H,18,19,20). The fourth-order valence-corrected chi connectivity index (χ4v) is 3.34. The Morgan fingerprint density at radius 2 is 1.33 bits per heavy atom. The smallest absolute Gasteiger partial charge is 0.282 e. The highest BCUT2D eigenvalue weighted by Crippen LogP contribution is 2.48. The molecule has 0 fully saturated rings. The van der Waals surface area contributed by atoms with Crippen molar-refractivity contribution in [3.63, 3.8) is 0 Å². The van der Waals surface area contributed by atoms with Crippen LogP contribution in [0.25, 0.3) is 0 Å². The maximum absolute atomic E-state index is 11.2. The fourth-order valence-electron chi connectivity index (χ4n) is 2.86. The zero-order valence-electron chi connectivity index (χ0n) is 14.2. The van der Waals surface area contributed by atoms with Crippen LogP contribution >= 0.6 is 0 Å². The zero-order valence-corrected chi connectivity index (χ0v) is 15.0. The molecule has 0 saturated carbocycles. The first-order chi connectivity index (χ1) is 9.17. The molecule has 0 amide bonds. The lowest BCUT2D eigenvalue weighted by Gasteiger charge is -2.46. The molecule has 1 aromatic rings. The second-order valence-electron chi connectivity index (χ2n) is 8.32. The Labute approximate surface area is 129 Å². The molecular weight excluding hydrogens is 284 g/mol. The molecule has 120 valence electrons. The van der Waals surface area contributed by atoms with E-state index in [1.54, 1.807) is 0 Å². The van der Waals surface area contributed by atoms with E-state index < -0.39 is 10.1 Å². The third-order valence-electron chi connectivity index (χ3n) is 4.33. The van der Waals surface area contributed by atoms with Gasteiger partial charge in [0.2, 0.25) is 0 Å². The minimum atomic E-state index is -4.14. The SMILES string of the molecule is CC(C)(C)CC(C)(c1ccc(S(=O)(=O)O)cc1)C(C)(C)C. The number of hydrogen-bond acceptors (Lipinski definition) is 2. The van der Waals surface area contributed by atoms with Crippen LogP contribution in [0.5, 0.6) is 0 Å². The summed E-state index contributed by atoms with van der Waals surface area (Å²) in [6.07, 6.45) is 0.981. The summed E-state index contributed by atoms with van der Waals surface area (Å²) in [5, 5.41) is 0. The summed E-state index contributed by atoms with van der Waals surface area (Å²) in [5.74, 6) is 0. The summed E-state index contributed by atoms with van der Waals surface area (Å²) in [7, 11) is -4.14. The van der Waals surface area contributed by atoms with E-state index >= 15 is 0 Å². The molecule has 0 aromatic heterocycles.